The summed E-state index contributed by atoms with van der Waals surface area (Å²) in [7, 11) is 1.54. The van der Waals surface area contributed by atoms with E-state index in [0.29, 0.717) is 11.3 Å². The fourth-order valence-electron chi connectivity index (χ4n) is 0.785. The standard InChI is InChI=1S/C8H5Br2NO/c1-12-8-3-7(10)6(9)2-5(8)4-11/h2-3H,1H3. The Balaban J connectivity index is 3.31. The van der Waals surface area contributed by atoms with E-state index < -0.39 is 0 Å². The van der Waals surface area contributed by atoms with Gasteiger partial charge in [0, 0.05) is 8.95 Å². The number of hydrogen-bond donors (Lipinski definition) is 0. The van der Waals surface area contributed by atoms with Gasteiger partial charge < -0.3 is 4.74 Å². The Labute approximate surface area is 87.4 Å². The molecule has 0 bridgehead atoms. The minimum Gasteiger partial charge on any atom is -0.495 e. The fourth-order valence-corrected chi connectivity index (χ4v) is 1.45. The highest BCUT2D eigenvalue weighted by Crippen LogP contribution is 2.30. The average Bonchev–Trinajstić information content (AvgIpc) is 2.09. The van der Waals surface area contributed by atoms with Crippen LogP contribution in [0.1, 0.15) is 5.56 Å². The third kappa shape index (κ3) is 1.79. The van der Waals surface area contributed by atoms with Crippen LogP contribution in [0.4, 0.5) is 0 Å². The van der Waals surface area contributed by atoms with E-state index in [9.17, 15) is 0 Å². The molecule has 0 radical (unpaired) electrons. The summed E-state index contributed by atoms with van der Waals surface area (Å²) in [6.07, 6.45) is 0. The Bertz CT molecular complexity index is 344. The highest BCUT2D eigenvalue weighted by atomic mass is 79.9. The van der Waals surface area contributed by atoms with Crippen molar-refractivity contribution in [2.75, 3.05) is 7.11 Å². The first-order chi connectivity index (χ1) is 5.69. The van der Waals surface area contributed by atoms with Crippen molar-refractivity contribution in [3.63, 3.8) is 0 Å². The first-order valence-corrected chi connectivity index (χ1v) is 4.70. The Kier molecular flexibility index (Phi) is 3.12. The van der Waals surface area contributed by atoms with Gasteiger partial charge in [0.1, 0.15) is 11.8 Å². The number of halogens is 2. The molecule has 0 atom stereocenters. The molecule has 1 rings (SSSR count). The molecule has 0 saturated carbocycles. The van der Waals surface area contributed by atoms with Gasteiger partial charge in [-0.2, -0.15) is 5.26 Å². The predicted octanol–water partition coefficient (Wildman–Crippen LogP) is 3.09. The van der Waals surface area contributed by atoms with Gasteiger partial charge in [-0.25, -0.2) is 0 Å². The molecule has 0 fully saturated rings. The van der Waals surface area contributed by atoms with Crippen molar-refractivity contribution in [1.29, 1.82) is 5.26 Å². The Morgan fingerprint density at radius 1 is 1.33 bits per heavy atom. The maximum absolute atomic E-state index is 8.70. The molecule has 0 aliphatic heterocycles. The zero-order chi connectivity index (χ0) is 9.14. The van der Waals surface area contributed by atoms with Crippen LogP contribution in [-0.2, 0) is 0 Å². The summed E-state index contributed by atoms with van der Waals surface area (Å²) in [5.74, 6) is 0.576. The molecule has 0 heterocycles. The molecule has 0 aliphatic carbocycles. The maximum atomic E-state index is 8.70. The van der Waals surface area contributed by atoms with E-state index >= 15 is 0 Å². The van der Waals surface area contributed by atoms with E-state index in [2.05, 4.69) is 31.9 Å². The zero-order valence-corrected chi connectivity index (χ0v) is 9.44. The van der Waals surface area contributed by atoms with Gasteiger partial charge in [0.25, 0.3) is 0 Å². The van der Waals surface area contributed by atoms with E-state index in [1.54, 1.807) is 12.1 Å². The number of rotatable bonds is 1. The first kappa shape index (κ1) is 9.56. The van der Waals surface area contributed by atoms with Gasteiger partial charge in [0.2, 0.25) is 0 Å². The van der Waals surface area contributed by atoms with Crippen LogP contribution < -0.4 is 4.74 Å². The molecule has 4 heteroatoms. The summed E-state index contributed by atoms with van der Waals surface area (Å²) < 4.78 is 6.72. The molecule has 1 aromatic carbocycles. The van der Waals surface area contributed by atoms with Gasteiger partial charge in [-0.1, -0.05) is 0 Å². The molecular formula is C8H5Br2NO. The third-order valence-electron chi connectivity index (χ3n) is 1.36. The summed E-state index contributed by atoms with van der Waals surface area (Å²) in [6.45, 7) is 0. The van der Waals surface area contributed by atoms with E-state index in [0.717, 1.165) is 8.95 Å². The minimum atomic E-state index is 0.521. The monoisotopic (exact) mass is 289 g/mol. The fraction of sp³-hybridized carbons (Fsp3) is 0.125. The summed E-state index contributed by atoms with van der Waals surface area (Å²) in [6, 6.07) is 5.50. The molecule has 0 spiro atoms. The SMILES string of the molecule is COc1cc(Br)c(Br)cc1C#N. The van der Waals surface area contributed by atoms with E-state index in [4.69, 9.17) is 10.00 Å². The molecule has 12 heavy (non-hydrogen) atoms. The van der Waals surface area contributed by atoms with E-state index in [1.165, 1.54) is 7.11 Å². The highest BCUT2D eigenvalue weighted by Gasteiger charge is 2.05. The molecule has 0 unspecified atom stereocenters. The summed E-state index contributed by atoms with van der Waals surface area (Å²) in [5.41, 5.74) is 0.521. The number of nitrogens with zero attached hydrogens (tertiary/aromatic N) is 1. The van der Waals surface area contributed by atoms with Crippen LogP contribution in [-0.4, -0.2) is 7.11 Å². The van der Waals surface area contributed by atoms with Crippen LogP contribution in [0.2, 0.25) is 0 Å². The van der Waals surface area contributed by atoms with Crippen molar-refractivity contribution < 1.29 is 4.74 Å². The summed E-state index contributed by atoms with van der Waals surface area (Å²) in [4.78, 5) is 0. The average molecular weight is 291 g/mol. The number of nitriles is 1. The van der Waals surface area contributed by atoms with Crippen LogP contribution in [0.15, 0.2) is 21.1 Å². The number of methoxy groups -OCH3 is 1. The molecule has 0 amide bonds. The van der Waals surface area contributed by atoms with E-state index in [-0.39, 0.29) is 0 Å². The molecule has 1 aromatic rings. The van der Waals surface area contributed by atoms with Crippen molar-refractivity contribution in [3.8, 4) is 11.8 Å². The molecule has 0 N–H and O–H groups in total. The molecule has 0 saturated heterocycles. The van der Waals surface area contributed by atoms with Gasteiger partial charge in [-0.05, 0) is 44.0 Å². The van der Waals surface area contributed by atoms with Gasteiger partial charge in [-0.3, -0.25) is 0 Å². The van der Waals surface area contributed by atoms with Crippen LogP contribution in [0.3, 0.4) is 0 Å². The Morgan fingerprint density at radius 3 is 2.42 bits per heavy atom. The van der Waals surface area contributed by atoms with Crippen LogP contribution in [0.5, 0.6) is 5.75 Å². The van der Waals surface area contributed by atoms with Crippen molar-refractivity contribution >= 4 is 31.9 Å². The van der Waals surface area contributed by atoms with Crippen molar-refractivity contribution in [1.82, 2.24) is 0 Å². The van der Waals surface area contributed by atoms with Gasteiger partial charge in [0.05, 0.1) is 12.7 Å². The molecule has 0 aliphatic rings. The highest BCUT2D eigenvalue weighted by molar-refractivity contribution is 9.13. The summed E-state index contributed by atoms with van der Waals surface area (Å²) in [5, 5.41) is 8.70. The number of hydrogen-bond acceptors (Lipinski definition) is 2. The van der Waals surface area contributed by atoms with Crippen LogP contribution in [0.25, 0.3) is 0 Å². The lowest BCUT2D eigenvalue weighted by Crippen LogP contribution is -1.87. The van der Waals surface area contributed by atoms with Crippen LogP contribution in [0, 0.1) is 11.3 Å². The van der Waals surface area contributed by atoms with Crippen molar-refractivity contribution in [3.05, 3.63) is 26.6 Å². The van der Waals surface area contributed by atoms with Crippen LogP contribution >= 0.6 is 31.9 Å². The number of benzene rings is 1. The predicted molar refractivity (Wildman–Crippen MR) is 53.1 cm³/mol. The first-order valence-electron chi connectivity index (χ1n) is 3.12. The topological polar surface area (TPSA) is 33.0 Å². The molecule has 2 nitrogen and oxygen atoms in total. The lowest BCUT2D eigenvalue weighted by Gasteiger charge is -2.03. The molecular weight excluding hydrogens is 286 g/mol. The third-order valence-corrected chi connectivity index (χ3v) is 3.21. The summed E-state index contributed by atoms with van der Waals surface area (Å²) >= 11 is 6.61. The smallest absolute Gasteiger partial charge is 0.137 e. The second-order valence-corrected chi connectivity index (χ2v) is 3.79. The van der Waals surface area contributed by atoms with E-state index in [1.807, 2.05) is 6.07 Å². The zero-order valence-electron chi connectivity index (χ0n) is 6.27. The van der Waals surface area contributed by atoms with Gasteiger partial charge >= 0.3 is 0 Å². The largest absolute Gasteiger partial charge is 0.495 e. The van der Waals surface area contributed by atoms with Gasteiger partial charge in [0.15, 0.2) is 0 Å². The van der Waals surface area contributed by atoms with Crippen molar-refractivity contribution in [2.45, 2.75) is 0 Å². The normalized spacial score (nSPS) is 9.17. The van der Waals surface area contributed by atoms with Crippen molar-refractivity contribution in [2.24, 2.45) is 0 Å². The lowest BCUT2D eigenvalue weighted by atomic mass is 10.2. The maximum Gasteiger partial charge on any atom is 0.137 e. The number of ether oxygens (including phenoxy) is 1. The second kappa shape index (κ2) is 3.92. The second-order valence-electron chi connectivity index (χ2n) is 2.08. The Morgan fingerprint density at radius 2 is 1.92 bits per heavy atom. The van der Waals surface area contributed by atoms with Gasteiger partial charge in [-0.15, -0.1) is 0 Å². The lowest BCUT2D eigenvalue weighted by molar-refractivity contribution is 0.413. The minimum absolute atomic E-state index is 0.521. The Hall–Kier alpha value is -0.530. The quantitative estimate of drug-likeness (QED) is 0.796. The molecule has 0 aromatic heterocycles. The molecule has 62 valence electrons.